The topological polar surface area (TPSA) is 183 Å². The van der Waals surface area contributed by atoms with Gasteiger partial charge in [0.2, 0.25) is 11.8 Å². The molecular formula is C19H30N5O7P. The molecule has 0 heterocycles. The molecule has 0 bridgehead atoms. The van der Waals surface area contributed by atoms with Crippen molar-refractivity contribution in [1.82, 2.24) is 5.32 Å². The molecule has 0 radical (unpaired) electrons. The van der Waals surface area contributed by atoms with E-state index in [4.69, 9.17) is 20.1 Å². The van der Waals surface area contributed by atoms with Crippen LogP contribution in [0.4, 0.5) is 5.69 Å². The minimum atomic E-state index is -4.86. The molecule has 0 spiro atoms. The van der Waals surface area contributed by atoms with Gasteiger partial charge in [-0.15, -0.1) is 0 Å². The minimum absolute atomic E-state index is 0.0516. The Kier molecular flexibility index (Phi) is 9.84. The fraction of sp³-hybridized carbons (Fsp3) is 0.579. The highest BCUT2D eigenvalue weighted by Crippen LogP contribution is 2.35. The number of rotatable bonds is 12. The van der Waals surface area contributed by atoms with E-state index in [9.17, 15) is 14.2 Å². The molecule has 0 aromatic heterocycles. The number of phosphoric ester groups is 1. The van der Waals surface area contributed by atoms with Gasteiger partial charge >= 0.3 is 7.82 Å². The van der Waals surface area contributed by atoms with Gasteiger partial charge in [-0.1, -0.05) is 36.7 Å². The van der Waals surface area contributed by atoms with Crippen molar-refractivity contribution in [3.63, 3.8) is 0 Å². The van der Waals surface area contributed by atoms with E-state index in [-0.39, 0.29) is 13.0 Å². The average Bonchev–Trinajstić information content (AvgIpc) is 2.64. The van der Waals surface area contributed by atoms with Gasteiger partial charge in [0.05, 0.1) is 30.8 Å². The van der Waals surface area contributed by atoms with Gasteiger partial charge in [0, 0.05) is 10.6 Å². The average molecular weight is 471 g/mol. The summed E-state index contributed by atoms with van der Waals surface area (Å²) in [6.45, 7) is 7.83. The van der Waals surface area contributed by atoms with Gasteiger partial charge in [-0.05, 0) is 38.4 Å². The number of benzene rings is 1. The first-order valence-electron chi connectivity index (χ1n) is 9.70. The number of hydrogen-bond acceptors (Lipinski definition) is 6. The van der Waals surface area contributed by atoms with E-state index in [0.717, 1.165) is 5.56 Å². The van der Waals surface area contributed by atoms with E-state index in [1.54, 1.807) is 52.0 Å². The molecule has 0 saturated carbocycles. The first kappa shape index (κ1) is 27.6. The Morgan fingerprint density at radius 2 is 1.81 bits per heavy atom. The van der Waals surface area contributed by atoms with Crippen molar-refractivity contribution in [3.05, 3.63) is 40.3 Å². The standard InChI is InChI=1S/C19H30N5O7P/c1-13-6-8-14(9-7-13)21-17(26)15(11-31-32(27,28)29)22-16(25)10-19(4,5)30-12-18(2,3)23-24-20/h6-9,15H,10-12H2,1-5H3,(H,21,26)(H,22,25)(H2,27,28,29)/t15-/m1/s1. The number of nitrogens with one attached hydrogen (secondary N) is 2. The molecular weight excluding hydrogens is 441 g/mol. The monoisotopic (exact) mass is 471 g/mol. The summed E-state index contributed by atoms with van der Waals surface area (Å²) in [6, 6.07) is 5.48. The normalized spacial score (nSPS) is 13.1. The van der Waals surface area contributed by atoms with E-state index in [2.05, 4.69) is 25.2 Å². The largest absolute Gasteiger partial charge is 0.469 e. The predicted octanol–water partition coefficient (Wildman–Crippen LogP) is 2.80. The summed E-state index contributed by atoms with van der Waals surface area (Å²) >= 11 is 0. The van der Waals surface area contributed by atoms with E-state index in [0.29, 0.717) is 5.69 Å². The number of amides is 2. The summed E-state index contributed by atoms with van der Waals surface area (Å²) in [6.07, 6.45) is -0.177. The second kappa shape index (κ2) is 11.4. The van der Waals surface area contributed by atoms with Crippen LogP contribution in [-0.4, -0.2) is 52.0 Å². The summed E-state index contributed by atoms with van der Waals surface area (Å²) in [7, 11) is -4.86. The second-order valence-electron chi connectivity index (χ2n) is 8.49. The maximum absolute atomic E-state index is 12.6. The van der Waals surface area contributed by atoms with Crippen LogP contribution in [0.2, 0.25) is 0 Å². The zero-order valence-corrected chi connectivity index (χ0v) is 19.6. The Morgan fingerprint density at radius 3 is 2.34 bits per heavy atom. The lowest BCUT2D eigenvalue weighted by Gasteiger charge is -2.29. The molecule has 1 aromatic rings. The molecule has 1 aromatic carbocycles. The van der Waals surface area contributed by atoms with Crippen LogP contribution in [0.15, 0.2) is 29.4 Å². The van der Waals surface area contributed by atoms with E-state index >= 15 is 0 Å². The molecule has 0 aliphatic heterocycles. The number of carbonyl (C=O) groups excluding carboxylic acids is 2. The van der Waals surface area contributed by atoms with Gasteiger partial charge in [-0.2, -0.15) is 0 Å². The Morgan fingerprint density at radius 1 is 1.22 bits per heavy atom. The number of azide groups is 1. The van der Waals surface area contributed by atoms with Gasteiger partial charge in [0.25, 0.3) is 0 Å². The molecule has 13 heteroatoms. The van der Waals surface area contributed by atoms with Crippen molar-refractivity contribution in [2.45, 2.75) is 58.2 Å². The molecule has 4 N–H and O–H groups in total. The van der Waals surface area contributed by atoms with Gasteiger partial charge in [-0.25, -0.2) is 4.57 Å². The maximum atomic E-state index is 12.6. The lowest BCUT2D eigenvalue weighted by Crippen LogP contribution is -2.48. The Balaban J connectivity index is 2.82. The smallest absolute Gasteiger partial charge is 0.374 e. The van der Waals surface area contributed by atoms with E-state index in [1.165, 1.54) is 0 Å². The van der Waals surface area contributed by atoms with Crippen LogP contribution in [0.5, 0.6) is 0 Å². The zero-order chi connectivity index (χ0) is 24.6. The first-order chi connectivity index (χ1) is 14.6. The molecule has 2 amide bonds. The fourth-order valence-corrected chi connectivity index (χ4v) is 2.77. The number of carbonyl (C=O) groups is 2. The third-order valence-electron chi connectivity index (χ3n) is 4.10. The predicted molar refractivity (Wildman–Crippen MR) is 118 cm³/mol. The Labute approximate surface area is 186 Å². The van der Waals surface area contributed by atoms with Crippen LogP contribution < -0.4 is 10.6 Å². The molecule has 0 aliphatic carbocycles. The number of anilines is 1. The maximum Gasteiger partial charge on any atom is 0.469 e. The van der Waals surface area contributed by atoms with Crippen LogP contribution in [0, 0.1) is 6.92 Å². The molecule has 32 heavy (non-hydrogen) atoms. The molecule has 178 valence electrons. The van der Waals surface area contributed by atoms with E-state index < -0.39 is 43.4 Å². The molecule has 0 fully saturated rings. The van der Waals surface area contributed by atoms with Crippen molar-refractivity contribution in [2.24, 2.45) is 5.11 Å². The lowest BCUT2D eigenvalue weighted by atomic mass is 10.0. The third kappa shape index (κ3) is 11.2. The number of hydrogen-bond donors (Lipinski definition) is 4. The van der Waals surface area contributed by atoms with E-state index in [1.807, 2.05) is 6.92 Å². The van der Waals surface area contributed by atoms with Crippen molar-refractivity contribution >= 4 is 25.3 Å². The molecule has 0 aliphatic rings. The number of ether oxygens (including phenoxy) is 1. The Hall–Kier alpha value is -2.46. The number of phosphoric acid groups is 1. The summed E-state index contributed by atoms with van der Waals surface area (Å²) in [5.41, 5.74) is 8.21. The third-order valence-corrected chi connectivity index (χ3v) is 4.58. The highest BCUT2D eigenvalue weighted by atomic mass is 31.2. The molecule has 0 unspecified atom stereocenters. The van der Waals surface area contributed by atoms with Crippen molar-refractivity contribution in [3.8, 4) is 0 Å². The van der Waals surface area contributed by atoms with Gasteiger partial charge in [0.15, 0.2) is 0 Å². The van der Waals surface area contributed by atoms with Gasteiger partial charge < -0.3 is 25.2 Å². The summed E-state index contributed by atoms with van der Waals surface area (Å²) in [5, 5.41) is 8.60. The van der Waals surface area contributed by atoms with Crippen LogP contribution in [0.1, 0.15) is 39.7 Å². The van der Waals surface area contributed by atoms with Crippen molar-refractivity contribution < 1.29 is 33.2 Å². The first-order valence-corrected chi connectivity index (χ1v) is 11.2. The highest BCUT2D eigenvalue weighted by molar-refractivity contribution is 7.46. The lowest BCUT2D eigenvalue weighted by molar-refractivity contribution is -0.132. The highest BCUT2D eigenvalue weighted by Gasteiger charge is 2.30. The second-order valence-corrected chi connectivity index (χ2v) is 9.73. The van der Waals surface area contributed by atoms with Crippen LogP contribution in [0.25, 0.3) is 10.4 Å². The van der Waals surface area contributed by atoms with Crippen LogP contribution >= 0.6 is 7.82 Å². The van der Waals surface area contributed by atoms with Crippen LogP contribution in [0.3, 0.4) is 0 Å². The van der Waals surface area contributed by atoms with Crippen LogP contribution in [-0.2, 0) is 23.4 Å². The van der Waals surface area contributed by atoms with Gasteiger partial charge in [0.1, 0.15) is 6.04 Å². The van der Waals surface area contributed by atoms with Gasteiger partial charge in [-0.3, -0.25) is 14.1 Å². The zero-order valence-electron chi connectivity index (χ0n) is 18.7. The fourth-order valence-electron chi connectivity index (χ4n) is 2.43. The minimum Gasteiger partial charge on any atom is -0.374 e. The molecule has 0 saturated heterocycles. The number of nitrogens with zero attached hydrogens (tertiary/aromatic N) is 3. The van der Waals surface area contributed by atoms with Crippen molar-refractivity contribution in [1.29, 1.82) is 0 Å². The number of aryl methyl sites for hydroxylation is 1. The molecule has 1 rings (SSSR count). The van der Waals surface area contributed by atoms with Crippen molar-refractivity contribution in [2.75, 3.05) is 18.5 Å². The Bertz CT molecular complexity index is 892. The quantitative estimate of drug-likeness (QED) is 0.156. The summed E-state index contributed by atoms with van der Waals surface area (Å²) in [5.74, 6) is -1.31. The molecule has 12 nitrogen and oxygen atoms in total. The molecule has 1 atom stereocenters. The summed E-state index contributed by atoms with van der Waals surface area (Å²) < 4.78 is 21.2. The summed E-state index contributed by atoms with van der Waals surface area (Å²) in [4.78, 5) is 45.8. The SMILES string of the molecule is Cc1ccc(NC(=O)[C@@H](COP(=O)(O)O)NC(=O)CC(C)(C)OCC(C)(C)N=[N+]=[N-])cc1.